The quantitative estimate of drug-likeness (QED) is 0.325. The van der Waals surface area contributed by atoms with Gasteiger partial charge in [-0.15, -0.1) is 0 Å². The third-order valence-electron chi connectivity index (χ3n) is 0. The summed E-state index contributed by atoms with van der Waals surface area (Å²) in [5.41, 5.74) is 0. The number of rotatable bonds is 0. The predicted molar refractivity (Wildman–Crippen MR) is 0 cm³/mol. The summed E-state index contributed by atoms with van der Waals surface area (Å²) in [5, 5.41) is 0. The molecule has 0 heterocycles. The van der Waals surface area contributed by atoms with E-state index in [1.807, 2.05) is 0 Å². The zero-order valence-corrected chi connectivity index (χ0v) is 14.2. The molecule has 0 aliphatic carbocycles. The van der Waals surface area contributed by atoms with Crippen molar-refractivity contribution in [3.05, 3.63) is 0 Å². The van der Waals surface area contributed by atoms with Gasteiger partial charge in [0.25, 0.3) is 0 Å². The van der Waals surface area contributed by atoms with Gasteiger partial charge in [0.2, 0.25) is 0 Å². The van der Waals surface area contributed by atoms with Crippen molar-refractivity contribution in [2.75, 3.05) is 0 Å². The molecule has 0 N–H and O–H groups in total. The van der Waals surface area contributed by atoms with Crippen molar-refractivity contribution in [1.82, 2.24) is 0 Å². The van der Waals surface area contributed by atoms with Crippen LogP contribution >= 0.6 is 0 Å². The van der Waals surface area contributed by atoms with Crippen molar-refractivity contribution in [2.45, 2.75) is 0 Å². The molecule has 0 nitrogen and oxygen atoms in total. The van der Waals surface area contributed by atoms with Crippen LogP contribution in [-0.4, -0.2) is 0 Å². The fourth-order valence-corrected chi connectivity index (χ4v) is 0. The molecule has 0 aliphatic heterocycles. The first-order valence-corrected chi connectivity index (χ1v) is 0. The van der Waals surface area contributed by atoms with Crippen molar-refractivity contribution < 1.29 is 138 Å². The summed E-state index contributed by atoms with van der Waals surface area (Å²) in [6, 6.07) is 0. The molecule has 0 bridgehead atoms. The zero-order chi connectivity index (χ0) is 0. The van der Waals surface area contributed by atoms with E-state index in [0.717, 1.165) is 0 Å². The maximum Gasteiger partial charge on any atom is 0 e. The van der Waals surface area contributed by atoms with Crippen LogP contribution < -0.4 is 0 Å². The molecule has 0 atom stereocenters. The molecule has 0 aromatic heterocycles. The van der Waals surface area contributed by atoms with E-state index < -0.39 is 0 Å². The topological polar surface area (TPSA) is 0 Å². The van der Waals surface area contributed by atoms with Gasteiger partial charge in [0.15, 0.2) is 0 Å². The van der Waals surface area contributed by atoms with Crippen LogP contribution in [0.15, 0.2) is 0 Å². The Morgan fingerprint density at radius 3 is 0.333 bits per heavy atom. The van der Waals surface area contributed by atoms with Crippen LogP contribution in [0.1, 0.15) is 0 Å². The molecule has 0 aromatic rings. The molecular formula is NdRu5. The van der Waals surface area contributed by atoms with Crippen molar-refractivity contribution >= 4 is 0 Å². The van der Waals surface area contributed by atoms with E-state index in [4.69, 9.17) is 0 Å². The van der Waals surface area contributed by atoms with Gasteiger partial charge < -0.3 is 0 Å². The van der Waals surface area contributed by atoms with Gasteiger partial charge in [-0.2, -0.15) is 0 Å². The molecule has 0 rings (SSSR count). The Labute approximate surface area is 135 Å². The molecule has 0 unspecified atom stereocenters. The molecular weight excluding hydrogens is 650 g/mol. The van der Waals surface area contributed by atoms with E-state index in [1.165, 1.54) is 0 Å². The first-order chi connectivity index (χ1) is 0. The van der Waals surface area contributed by atoms with Gasteiger partial charge in [-0.25, -0.2) is 0 Å². The van der Waals surface area contributed by atoms with E-state index in [2.05, 4.69) is 0 Å². The number of hydrogen-bond acceptors (Lipinski definition) is 0. The van der Waals surface area contributed by atoms with Crippen molar-refractivity contribution in [2.24, 2.45) is 0 Å². The maximum absolute atomic E-state index is 0. The standard InChI is InChI=1S/Nd.5Ru. The minimum Gasteiger partial charge on any atom is 0 e. The zero-order valence-electron chi connectivity index (χ0n) is 2.27. The van der Waals surface area contributed by atoms with Crippen LogP contribution in [0.5, 0.6) is 0 Å². The van der Waals surface area contributed by atoms with E-state index in [9.17, 15) is 0 Å². The molecule has 0 aromatic carbocycles. The summed E-state index contributed by atoms with van der Waals surface area (Å²) in [6.45, 7) is 0. The fourth-order valence-electron chi connectivity index (χ4n) is 0. The third-order valence-corrected chi connectivity index (χ3v) is 0. The molecule has 0 saturated heterocycles. The second-order valence-corrected chi connectivity index (χ2v) is 0. The summed E-state index contributed by atoms with van der Waals surface area (Å²) in [7, 11) is 0. The van der Waals surface area contributed by atoms with Gasteiger partial charge in [-0.05, 0) is 0 Å². The predicted octanol–water partition coefficient (Wildman–Crippen LogP) is -0.0125. The first-order valence-electron chi connectivity index (χ1n) is 0. The van der Waals surface area contributed by atoms with Gasteiger partial charge in [-0.1, -0.05) is 0 Å². The average molecular weight is 650 g/mol. The van der Waals surface area contributed by atoms with Crippen molar-refractivity contribution in [1.29, 1.82) is 0 Å². The molecule has 6 heavy (non-hydrogen) atoms. The monoisotopic (exact) mass is 651 g/mol. The van der Waals surface area contributed by atoms with Crippen molar-refractivity contribution in [3.63, 3.8) is 0 Å². The minimum absolute atomic E-state index is 0. The second-order valence-electron chi connectivity index (χ2n) is 0. The largest absolute Gasteiger partial charge is 0 e. The normalized spacial score (nSPS) is 0. The summed E-state index contributed by atoms with van der Waals surface area (Å²) in [5.74, 6) is 0. The Bertz CT molecular complexity index is 3.90. The van der Waals surface area contributed by atoms with Crippen LogP contribution in [-0.2, 0) is 97.4 Å². The Morgan fingerprint density at radius 2 is 0.333 bits per heavy atom. The molecule has 0 aliphatic rings. The third kappa shape index (κ3) is 23.7. The number of hydrogen-bond donors (Lipinski definition) is 0. The van der Waals surface area contributed by atoms with Gasteiger partial charge >= 0.3 is 0 Å². The smallest absolute Gasteiger partial charge is 0 e. The SMILES string of the molecule is [Nd].[Ru].[Ru].[Ru].[Ru].[Ru]. The van der Waals surface area contributed by atoms with Crippen LogP contribution in [0.2, 0.25) is 0 Å². The first kappa shape index (κ1) is 47.0. The Balaban J connectivity index is 0. The van der Waals surface area contributed by atoms with E-state index in [1.54, 1.807) is 0 Å². The molecule has 0 saturated carbocycles. The molecule has 0 amide bonds. The summed E-state index contributed by atoms with van der Waals surface area (Å²) >= 11 is 0. The molecule has 0 fully saturated rings. The summed E-state index contributed by atoms with van der Waals surface area (Å²) in [6.07, 6.45) is 0. The van der Waals surface area contributed by atoms with E-state index >= 15 is 0 Å². The van der Waals surface area contributed by atoms with Gasteiger partial charge in [0, 0.05) is 138 Å². The second kappa shape index (κ2) is 34.0. The molecule has 6 heteroatoms. The maximum atomic E-state index is 0. The van der Waals surface area contributed by atoms with Crippen LogP contribution in [0.4, 0.5) is 0 Å². The Morgan fingerprint density at radius 1 is 0.333 bits per heavy atom. The van der Waals surface area contributed by atoms with Crippen LogP contribution in [0.3, 0.4) is 0 Å². The Kier molecular flexibility index (Phi) is 266. The fraction of sp³-hybridized carbons (Fsp3) is 0. The summed E-state index contributed by atoms with van der Waals surface area (Å²) < 4.78 is 0. The van der Waals surface area contributed by atoms with E-state index in [-0.39, 0.29) is 138 Å². The van der Waals surface area contributed by atoms with Gasteiger partial charge in [0.05, 0.1) is 0 Å². The molecule has 0 spiro atoms. The van der Waals surface area contributed by atoms with Gasteiger partial charge in [0.1, 0.15) is 0 Å². The molecule has 0 radical (unpaired) electrons. The van der Waals surface area contributed by atoms with Gasteiger partial charge in [-0.3, -0.25) is 0 Å². The van der Waals surface area contributed by atoms with E-state index in [0.29, 0.717) is 0 Å². The molecule has 44 valence electrons. The Hall–Kier alpha value is 4.47. The van der Waals surface area contributed by atoms with Crippen molar-refractivity contribution in [3.8, 4) is 0 Å². The minimum atomic E-state index is 0. The average Bonchev–Trinajstić information content (AvgIpc) is 0. The van der Waals surface area contributed by atoms with Crippen LogP contribution in [0, 0.1) is 40.8 Å². The van der Waals surface area contributed by atoms with Crippen LogP contribution in [0.25, 0.3) is 0 Å². The summed E-state index contributed by atoms with van der Waals surface area (Å²) in [4.78, 5) is 0.